The predicted molar refractivity (Wildman–Crippen MR) is 110 cm³/mol. The number of benzene rings is 2. The van der Waals surface area contributed by atoms with Crippen LogP contribution in [-0.2, 0) is 4.79 Å². The molecule has 0 spiro atoms. The van der Waals surface area contributed by atoms with E-state index in [4.69, 9.17) is 17.3 Å². The van der Waals surface area contributed by atoms with E-state index in [1.165, 1.54) is 17.3 Å². The summed E-state index contributed by atoms with van der Waals surface area (Å²) in [4.78, 5) is 12.6. The van der Waals surface area contributed by atoms with E-state index >= 15 is 0 Å². The number of nitrogens with one attached hydrogen (secondary N) is 1. The predicted octanol–water partition coefficient (Wildman–Crippen LogP) is 4.34. The molecular weight excluding hydrogens is 362 g/mol. The van der Waals surface area contributed by atoms with Gasteiger partial charge in [-0.15, -0.1) is 0 Å². The SMILES string of the molecule is Cc1ccc(-c2nn(-c3ccccc3)cc2/C=C2\SC(=S)NC2=O)cc1. The first-order chi connectivity index (χ1) is 12.6. The Balaban J connectivity index is 1.84. The lowest BCUT2D eigenvalue weighted by atomic mass is 10.1. The van der Waals surface area contributed by atoms with Gasteiger partial charge in [-0.2, -0.15) is 5.10 Å². The lowest BCUT2D eigenvalue weighted by Crippen LogP contribution is -2.17. The van der Waals surface area contributed by atoms with E-state index in [9.17, 15) is 4.79 Å². The Kier molecular flexibility index (Phi) is 4.44. The molecule has 2 heterocycles. The largest absolute Gasteiger partial charge is 0.307 e. The van der Waals surface area contributed by atoms with Gasteiger partial charge in [-0.1, -0.05) is 72.0 Å². The van der Waals surface area contributed by atoms with Crippen LogP contribution in [-0.4, -0.2) is 20.0 Å². The molecule has 1 aliphatic rings. The Bertz CT molecular complexity index is 1020. The number of para-hydroxylation sites is 1. The van der Waals surface area contributed by atoms with Crippen LogP contribution in [0.3, 0.4) is 0 Å². The number of rotatable bonds is 3. The van der Waals surface area contributed by atoms with Crippen LogP contribution in [0, 0.1) is 6.92 Å². The van der Waals surface area contributed by atoms with Gasteiger partial charge in [0.15, 0.2) is 0 Å². The number of aryl methyl sites for hydroxylation is 1. The zero-order valence-corrected chi connectivity index (χ0v) is 15.6. The smallest absolute Gasteiger partial charge is 0.263 e. The third-order valence-electron chi connectivity index (χ3n) is 4.02. The first-order valence-corrected chi connectivity index (χ1v) is 9.29. The van der Waals surface area contributed by atoms with Crippen molar-refractivity contribution in [2.24, 2.45) is 0 Å². The van der Waals surface area contributed by atoms with E-state index in [-0.39, 0.29) is 5.91 Å². The Morgan fingerprint density at radius 2 is 1.85 bits per heavy atom. The van der Waals surface area contributed by atoms with Crippen molar-refractivity contribution in [2.45, 2.75) is 6.92 Å². The second-order valence-electron chi connectivity index (χ2n) is 5.93. The molecule has 1 N–H and O–H groups in total. The molecule has 0 bridgehead atoms. The summed E-state index contributed by atoms with van der Waals surface area (Å²) >= 11 is 6.36. The number of thioether (sulfide) groups is 1. The Morgan fingerprint density at radius 1 is 1.12 bits per heavy atom. The maximum Gasteiger partial charge on any atom is 0.263 e. The molecule has 0 aliphatic carbocycles. The van der Waals surface area contributed by atoms with E-state index in [0.29, 0.717) is 9.23 Å². The molecule has 1 aliphatic heterocycles. The number of hydrogen-bond donors (Lipinski definition) is 1. The minimum Gasteiger partial charge on any atom is -0.307 e. The van der Waals surface area contributed by atoms with E-state index in [2.05, 4.69) is 24.4 Å². The number of thiocarbonyl (C=S) groups is 1. The molecule has 0 saturated carbocycles. The van der Waals surface area contributed by atoms with Crippen molar-refractivity contribution >= 4 is 40.3 Å². The minimum absolute atomic E-state index is 0.165. The van der Waals surface area contributed by atoms with Crippen LogP contribution in [0.2, 0.25) is 0 Å². The van der Waals surface area contributed by atoms with Gasteiger partial charge in [0.1, 0.15) is 4.32 Å². The zero-order chi connectivity index (χ0) is 18.1. The fourth-order valence-corrected chi connectivity index (χ4v) is 3.74. The van der Waals surface area contributed by atoms with Gasteiger partial charge < -0.3 is 5.32 Å². The highest BCUT2D eigenvalue weighted by Crippen LogP contribution is 2.30. The molecule has 1 aromatic heterocycles. The quantitative estimate of drug-likeness (QED) is 0.545. The van der Waals surface area contributed by atoms with Crippen LogP contribution in [0.25, 0.3) is 23.0 Å². The average Bonchev–Trinajstić information content (AvgIpc) is 3.20. The topological polar surface area (TPSA) is 46.9 Å². The number of aromatic nitrogens is 2. The first kappa shape index (κ1) is 16.8. The lowest BCUT2D eigenvalue weighted by Gasteiger charge is -2.01. The van der Waals surface area contributed by atoms with Crippen molar-refractivity contribution in [3.63, 3.8) is 0 Å². The molecule has 0 unspecified atom stereocenters. The van der Waals surface area contributed by atoms with Crippen LogP contribution in [0.4, 0.5) is 0 Å². The summed E-state index contributed by atoms with van der Waals surface area (Å²) in [6.45, 7) is 2.05. The van der Waals surface area contributed by atoms with Crippen LogP contribution in [0.5, 0.6) is 0 Å². The van der Waals surface area contributed by atoms with Gasteiger partial charge in [0, 0.05) is 17.3 Å². The summed E-state index contributed by atoms with van der Waals surface area (Å²) in [7, 11) is 0. The van der Waals surface area contributed by atoms with Crippen molar-refractivity contribution in [3.8, 4) is 16.9 Å². The molecule has 3 aromatic rings. The maximum atomic E-state index is 12.0. The average molecular weight is 377 g/mol. The lowest BCUT2D eigenvalue weighted by molar-refractivity contribution is -0.115. The molecule has 0 atom stereocenters. The summed E-state index contributed by atoms with van der Waals surface area (Å²) < 4.78 is 2.31. The van der Waals surface area contributed by atoms with Gasteiger partial charge in [0.2, 0.25) is 0 Å². The molecular formula is C20H15N3OS2. The van der Waals surface area contributed by atoms with Crippen molar-refractivity contribution < 1.29 is 4.79 Å². The van der Waals surface area contributed by atoms with Gasteiger partial charge in [-0.25, -0.2) is 4.68 Å². The maximum absolute atomic E-state index is 12.0. The molecule has 4 rings (SSSR count). The Hall–Kier alpha value is -2.70. The van der Waals surface area contributed by atoms with E-state index in [1.54, 1.807) is 0 Å². The fourth-order valence-electron chi connectivity index (χ4n) is 2.70. The minimum atomic E-state index is -0.165. The normalized spacial score (nSPS) is 15.5. The van der Waals surface area contributed by atoms with E-state index in [0.717, 1.165) is 22.5 Å². The number of hydrogen-bond acceptors (Lipinski definition) is 4. The van der Waals surface area contributed by atoms with Crippen molar-refractivity contribution in [2.75, 3.05) is 0 Å². The monoisotopic (exact) mass is 377 g/mol. The standard InChI is InChI=1S/C20H15N3OS2/c1-13-7-9-14(10-8-13)18-15(11-17-19(24)21-20(25)26-17)12-23(22-18)16-5-3-2-4-6-16/h2-12H,1H3,(H,21,24,25)/b17-11-. The highest BCUT2D eigenvalue weighted by molar-refractivity contribution is 8.26. The van der Waals surface area contributed by atoms with Crippen LogP contribution in [0.15, 0.2) is 65.7 Å². The van der Waals surface area contributed by atoms with Gasteiger partial charge in [-0.05, 0) is 25.1 Å². The summed E-state index contributed by atoms with van der Waals surface area (Å²) in [6.07, 6.45) is 3.79. The molecule has 0 radical (unpaired) electrons. The van der Waals surface area contributed by atoms with Gasteiger partial charge >= 0.3 is 0 Å². The second-order valence-corrected chi connectivity index (χ2v) is 7.65. The summed E-state index contributed by atoms with van der Waals surface area (Å²) in [5, 5.41) is 7.42. The van der Waals surface area contributed by atoms with Crippen molar-refractivity contribution in [3.05, 3.63) is 76.8 Å². The van der Waals surface area contributed by atoms with Crippen LogP contribution < -0.4 is 5.32 Å². The molecule has 1 saturated heterocycles. The summed E-state index contributed by atoms with van der Waals surface area (Å²) in [5.41, 5.74) is 4.85. The Morgan fingerprint density at radius 3 is 2.50 bits per heavy atom. The Labute approximate surface area is 160 Å². The fraction of sp³-hybridized carbons (Fsp3) is 0.0500. The van der Waals surface area contributed by atoms with Crippen molar-refractivity contribution in [1.29, 1.82) is 0 Å². The molecule has 2 aromatic carbocycles. The van der Waals surface area contributed by atoms with Crippen LogP contribution >= 0.6 is 24.0 Å². The molecule has 1 amide bonds. The zero-order valence-electron chi connectivity index (χ0n) is 14.0. The molecule has 26 heavy (non-hydrogen) atoms. The molecule has 1 fully saturated rings. The third kappa shape index (κ3) is 3.34. The van der Waals surface area contributed by atoms with Gasteiger partial charge in [-0.3, -0.25) is 4.79 Å². The van der Waals surface area contributed by atoms with Gasteiger partial charge in [0.25, 0.3) is 5.91 Å². The number of carbonyl (C=O) groups is 1. The number of amides is 1. The van der Waals surface area contributed by atoms with E-state index in [1.807, 2.05) is 59.4 Å². The first-order valence-electron chi connectivity index (χ1n) is 8.07. The number of carbonyl (C=O) groups excluding carboxylic acids is 1. The van der Waals surface area contributed by atoms with Gasteiger partial charge in [0.05, 0.1) is 16.3 Å². The summed E-state index contributed by atoms with van der Waals surface area (Å²) in [5.74, 6) is -0.165. The number of nitrogens with zero attached hydrogens (tertiary/aromatic N) is 2. The van der Waals surface area contributed by atoms with Crippen molar-refractivity contribution in [1.82, 2.24) is 15.1 Å². The molecule has 4 nitrogen and oxygen atoms in total. The second kappa shape index (κ2) is 6.90. The highest BCUT2D eigenvalue weighted by atomic mass is 32.2. The summed E-state index contributed by atoms with van der Waals surface area (Å²) in [6, 6.07) is 18.1. The highest BCUT2D eigenvalue weighted by Gasteiger charge is 2.23. The van der Waals surface area contributed by atoms with E-state index < -0.39 is 0 Å². The van der Waals surface area contributed by atoms with Crippen LogP contribution in [0.1, 0.15) is 11.1 Å². The molecule has 128 valence electrons. The molecule has 6 heteroatoms. The third-order valence-corrected chi connectivity index (χ3v) is 5.18.